The van der Waals surface area contributed by atoms with Gasteiger partial charge in [0.15, 0.2) is 0 Å². The second-order valence-electron chi connectivity index (χ2n) is 7.38. The monoisotopic (exact) mass is 352 g/mol. The minimum atomic E-state index is 0.724. The molecule has 0 atom stereocenters. The number of aromatic nitrogens is 1. The van der Waals surface area contributed by atoms with Crippen molar-refractivity contribution in [2.75, 3.05) is 50.6 Å². The number of nitrogens with zero attached hydrogens (tertiary/aromatic N) is 3. The van der Waals surface area contributed by atoms with Gasteiger partial charge in [-0.15, -0.1) is 0 Å². The van der Waals surface area contributed by atoms with E-state index in [0.29, 0.717) is 0 Å². The van der Waals surface area contributed by atoms with Crippen LogP contribution in [0.1, 0.15) is 29.9 Å². The van der Waals surface area contributed by atoms with Crippen molar-refractivity contribution in [3.8, 4) is 5.75 Å². The smallest absolute Gasteiger partial charge is 0.128 e. The summed E-state index contributed by atoms with van der Waals surface area (Å²) in [6.45, 7) is 5.14. The summed E-state index contributed by atoms with van der Waals surface area (Å²) >= 11 is 0. The largest absolute Gasteiger partial charge is 0.497 e. The van der Waals surface area contributed by atoms with Gasteiger partial charge in [-0.2, -0.15) is 0 Å². The highest BCUT2D eigenvalue weighted by Gasteiger charge is 2.26. The number of piperazine rings is 1. The third-order valence-corrected chi connectivity index (χ3v) is 5.44. The van der Waals surface area contributed by atoms with Gasteiger partial charge in [0.25, 0.3) is 0 Å². The lowest BCUT2D eigenvalue weighted by molar-refractivity contribution is 0.313. The van der Waals surface area contributed by atoms with E-state index in [9.17, 15) is 0 Å². The van der Waals surface area contributed by atoms with Crippen molar-refractivity contribution in [2.24, 2.45) is 0 Å². The maximum Gasteiger partial charge on any atom is 0.128 e. The lowest BCUT2D eigenvalue weighted by Gasteiger charge is -2.34. The number of likely N-dealkylation sites (N-methyl/N-ethyl adjacent to an activating group) is 1. The van der Waals surface area contributed by atoms with E-state index in [1.807, 2.05) is 6.20 Å². The second kappa shape index (κ2) is 7.54. The molecule has 1 aliphatic heterocycles. The Morgan fingerprint density at radius 3 is 2.65 bits per heavy atom. The molecule has 1 saturated heterocycles. The summed E-state index contributed by atoms with van der Waals surface area (Å²) in [6, 6.07) is 10.7. The Bertz CT molecular complexity index is 751. The third-order valence-electron chi connectivity index (χ3n) is 5.44. The minimum Gasteiger partial charge on any atom is -0.497 e. The number of methoxy groups -OCH3 is 1. The fourth-order valence-corrected chi connectivity index (χ4v) is 3.62. The summed E-state index contributed by atoms with van der Waals surface area (Å²) in [7, 11) is 3.91. The van der Waals surface area contributed by atoms with Gasteiger partial charge in [-0.1, -0.05) is 6.07 Å². The Morgan fingerprint density at radius 2 is 1.92 bits per heavy atom. The molecule has 2 aromatic rings. The molecule has 1 aliphatic carbocycles. The molecule has 0 radical (unpaired) electrons. The maximum atomic E-state index is 5.42. The van der Waals surface area contributed by atoms with Crippen molar-refractivity contribution in [2.45, 2.75) is 25.3 Å². The van der Waals surface area contributed by atoms with Crippen LogP contribution in [0.3, 0.4) is 0 Å². The van der Waals surface area contributed by atoms with E-state index in [0.717, 1.165) is 50.2 Å². The number of rotatable bonds is 6. The number of pyridine rings is 1. The van der Waals surface area contributed by atoms with Crippen LogP contribution in [0.5, 0.6) is 5.75 Å². The van der Waals surface area contributed by atoms with Crippen molar-refractivity contribution >= 4 is 11.5 Å². The van der Waals surface area contributed by atoms with Crippen molar-refractivity contribution in [1.82, 2.24) is 9.88 Å². The van der Waals surface area contributed by atoms with Crippen LogP contribution in [0.25, 0.3) is 0 Å². The number of nitrogens with one attached hydrogen (secondary N) is 1. The van der Waals surface area contributed by atoms with Crippen molar-refractivity contribution in [1.29, 1.82) is 0 Å². The van der Waals surface area contributed by atoms with Crippen LogP contribution in [0.4, 0.5) is 11.5 Å². The summed E-state index contributed by atoms with van der Waals surface area (Å²) < 4.78 is 5.42. The molecule has 4 rings (SSSR count). The molecule has 138 valence electrons. The number of hydrogen-bond donors (Lipinski definition) is 1. The Labute approximate surface area is 156 Å². The molecule has 5 nitrogen and oxygen atoms in total. The normalized spacial score (nSPS) is 18.0. The van der Waals surface area contributed by atoms with Crippen LogP contribution in [-0.4, -0.2) is 50.2 Å². The zero-order chi connectivity index (χ0) is 17.9. The molecular weight excluding hydrogens is 324 g/mol. The molecule has 0 bridgehead atoms. The van der Waals surface area contributed by atoms with E-state index >= 15 is 0 Å². The first-order valence-corrected chi connectivity index (χ1v) is 9.53. The molecule has 1 aromatic carbocycles. The van der Waals surface area contributed by atoms with Gasteiger partial charge in [0, 0.05) is 50.7 Å². The summed E-state index contributed by atoms with van der Waals surface area (Å²) in [5.74, 6) is 2.58. The van der Waals surface area contributed by atoms with Crippen LogP contribution >= 0.6 is 0 Å². The number of benzene rings is 1. The first-order chi connectivity index (χ1) is 12.7. The topological polar surface area (TPSA) is 40.6 Å². The summed E-state index contributed by atoms with van der Waals surface area (Å²) in [5, 5.41) is 3.52. The Hall–Kier alpha value is -2.27. The molecule has 26 heavy (non-hydrogen) atoms. The molecular formula is C21H28N4O. The fourth-order valence-electron chi connectivity index (χ4n) is 3.62. The standard InChI is InChI=1S/C21H28N4O/c1-24-9-11-25(12-10-24)18-7-8-22-21(14-18)23-15-17-13-19(26-2)5-6-20(17)16-3-4-16/h5-8,13-14,16H,3-4,9-12,15H2,1-2H3,(H,22,23). The van der Waals surface area contributed by atoms with Gasteiger partial charge in [-0.3, -0.25) is 0 Å². The number of anilines is 2. The van der Waals surface area contributed by atoms with E-state index in [1.54, 1.807) is 7.11 Å². The molecule has 2 aliphatic rings. The highest BCUT2D eigenvalue weighted by atomic mass is 16.5. The van der Waals surface area contributed by atoms with Crippen LogP contribution < -0.4 is 15.0 Å². The first-order valence-electron chi connectivity index (χ1n) is 9.53. The summed E-state index contributed by atoms with van der Waals surface area (Å²) in [6.07, 6.45) is 4.51. The van der Waals surface area contributed by atoms with Gasteiger partial charge in [0.05, 0.1) is 7.11 Å². The first kappa shape index (κ1) is 17.2. The van der Waals surface area contributed by atoms with Crippen LogP contribution in [0, 0.1) is 0 Å². The highest BCUT2D eigenvalue weighted by molar-refractivity contribution is 5.54. The molecule has 2 fully saturated rings. The predicted octanol–water partition coefficient (Wildman–Crippen LogP) is 3.33. The second-order valence-corrected chi connectivity index (χ2v) is 7.38. The van der Waals surface area contributed by atoms with Crippen LogP contribution in [-0.2, 0) is 6.54 Å². The maximum absolute atomic E-state index is 5.42. The quantitative estimate of drug-likeness (QED) is 0.864. The highest BCUT2D eigenvalue weighted by Crippen LogP contribution is 2.42. The Morgan fingerprint density at radius 1 is 1.12 bits per heavy atom. The minimum absolute atomic E-state index is 0.724. The zero-order valence-corrected chi connectivity index (χ0v) is 15.7. The van der Waals surface area contributed by atoms with Crippen molar-refractivity contribution in [3.63, 3.8) is 0 Å². The van der Waals surface area contributed by atoms with Gasteiger partial charge < -0.3 is 19.9 Å². The average molecular weight is 352 g/mol. The molecule has 5 heteroatoms. The van der Waals surface area contributed by atoms with Crippen molar-refractivity contribution < 1.29 is 4.74 Å². The lowest BCUT2D eigenvalue weighted by Crippen LogP contribution is -2.44. The molecule has 0 amide bonds. The van der Waals surface area contributed by atoms with Crippen molar-refractivity contribution in [3.05, 3.63) is 47.7 Å². The molecule has 1 N–H and O–H groups in total. The predicted molar refractivity (Wildman–Crippen MR) is 106 cm³/mol. The zero-order valence-electron chi connectivity index (χ0n) is 15.7. The van der Waals surface area contributed by atoms with Gasteiger partial charge in [0.2, 0.25) is 0 Å². The lowest BCUT2D eigenvalue weighted by atomic mass is 10.0. The fraction of sp³-hybridized carbons (Fsp3) is 0.476. The molecule has 1 saturated carbocycles. The van der Waals surface area contributed by atoms with E-state index in [2.05, 4.69) is 57.5 Å². The van der Waals surface area contributed by atoms with E-state index in [4.69, 9.17) is 4.74 Å². The van der Waals surface area contributed by atoms with Crippen LogP contribution in [0.15, 0.2) is 36.5 Å². The average Bonchev–Trinajstić information content (AvgIpc) is 3.52. The SMILES string of the molecule is COc1ccc(C2CC2)c(CNc2cc(N3CCN(C)CC3)ccn2)c1. The molecule has 2 heterocycles. The van der Waals surface area contributed by atoms with Gasteiger partial charge in [0.1, 0.15) is 11.6 Å². The molecule has 1 aromatic heterocycles. The van der Waals surface area contributed by atoms with E-state index in [-0.39, 0.29) is 0 Å². The number of ether oxygens (including phenoxy) is 1. The summed E-state index contributed by atoms with van der Waals surface area (Å²) in [5.41, 5.74) is 4.02. The van der Waals surface area contributed by atoms with E-state index in [1.165, 1.54) is 29.7 Å². The molecule has 0 spiro atoms. The van der Waals surface area contributed by atoms with Crippen LogP contribution in [0.2, 0.25) is 0 Å². The summed E-state index contributed by atoms with van der Waals surface area (Å²) in [4.78, 5) is 9.33. The van der Waals surface area contributed by atoms with Gasteiger partial charge in [-0.25, -0.2) is 4.98 Å². The van der Waals surface area contributed by atoms with E-state index < -0.39 is 0 Å². The Balaban J connectivity index is 1.46. The number of hydrogen-bond acceptors (Lipinski definition) is 5. The van der Waals surface area contributed by atoms with Gasteiger partial charge >= 0.3 is 0 Å². The third kappa shape index (κ3) is 3.93. The molecule has 0 unspecified atom stereocenters. The van der Waals surface area contributed by atoms with Gasteiger partial charge in [-0.05, 0) is 55.1 Å². The Kier molecular flexibility index (Phi) is 4.98.